The monoisotopic (exact) mass is 949 g/mol. The fourth-order valence-corrected chi connectivity index (χ4v) is 13.0. The van der Waals surface area contributed by atoms with Gasteiger partial charge in [-0.05, 0) is 142 Å². The van der Waals surface area contributed by atoms with Crippen LogP contribution >= 0.6 is 0 Å². The van der Waals surface area contributed by atoms with Gasteiger partial charge in [0.25, 0.3) is 0 Å². The van der Waals surface area contributed by atoms with Gasteiger partial charge < -0.3 is 0 Å². The zero-order chi connectivity index (χ0) is 49.2. The summed E-state index contributed by atoms with van der Waals surface area (Å²) in [5.74, 6) is 0. The van der Waals surface area contributed by atoms with Crippen LogP contribution in [0.25, 0.3) is 132 Å². The van der Waals surface area contributed by atoms with Crippen molar-refractivity contribution in [1.82, 2.24) is 15.0 Å². The lowest BCUT2D eigenvalue weighted by molar-refractivity contribution is 0.794. The molecule has 0 unspecified atom stereocenters. The summed E-state index contributed by atoms with van der Waals surface area (Å²) >= 11 is 0. The first kappa shape index (κ1) is 41.8. The topological polar surface area (TPSA) is 38.7 Å². The number of benzene rings is 12. The quantitative estimate of drug-likeness (QED) is 0.161. The van der Waals surface area contributed by atoms with Crippen LogP contribution in [-0.2, 0) is 5.41 Å². The molecule has 0 aliphatic heterocycles. The summed E-state index contributed by atoms with van der Waals surface area (Å²) in [6, 6.07) is 93.2. The van der Waals surface area contributed by atoms with Crippen LogP contribution < -0.4 is 0 Å². The van der Waals surface area contributed by atoms with Crippen LogP contribution in [0.5, 0.6) is 0 Å². The molecule has 3 nitrogen and oxygen atoms in total. The molecule has 2 aromatic heterocycles. The van der Waals surface area contributed by atoms with Gasteiger partial charge in [-0.2, -0.15) is 0 Å². The number of fused-ring (bicyclic) bond motifs is 19. The first-order valence-corrected chi connectivity index (χ1v) is 25.8. The Kier molecular flexibility index (Phi) is 8.96. The lowest BCUT2D eigenvalue weighted by Crippen LogP contribution is -2.25. The second-order valence-corrected chi connectivity index (χ2v) is 20.2. The minimum atomic E-state index is -0.412. The Morgan fingerprint density at radius 2 is 0.720 bits per heavy atom. The molecule has 0 atom stereocenters. The largest absolute Gasteiger partial charge is 0.252 e. The third kappa shape index (κ3) is 6.13. The molecule has 0 saturated heterocycles. The maximum atomic E-state index is 5.59. The Morgan fingerprint density at radius 1 is 0.240 bits per heavy atom. The van der Waals surface area contributed by atoms with Crippen molar-refractivity contribution in [2.45, 2.75) is 5.41 Å². The summed E-state index contributed by atoms with van der Waals surface area (Å²) in [5.41, 5.74) is 21.9. The smallest absolute Gasteiger partial charge is 0.0979 e. The molecule has 12 aromatic carbocycles. The molecule has 1 spiro atoms. The molecule has 0 radical (unpaired) electrons. The molecule has 2 heterocycles. The third-order valence-corrected chi connectivity index (χ3v) is 16.3. The first-order valence-electron chi connectivity index (χ1n) is 25.8. The van der Waals surface area contributed by atoms with Crippen molar-refractivity contribution >= 4 is 54.1 Å². The van der Waals surface area contributed by atoms with E-state index >= 15 is 0 Å². The summed E-state index contributed by atoms with van der Waals surface area (Å²) in [6.07, 6.45) is 1.96. The molecular formula is C72H43N3. The van der Waals surface area contributed by atoms with E-state index in [1.165, 1.54) is 76.8 Å². The number of rotatable bonds is 5. The van der Waals surface area contributed by atoms with Crippen molar-refractivity contribution < 1.29 is 0 Å². The van der Waals surface area contributed by atoms with Crippen molar-refractivity contribution in [3.8, 4) is 78.3 Å². The van der Waals surface area contributed by atoms with E-state index in [-0.39, 0.29) is 0 Å². The molecule has 2 aliphatic rings. The van der Waals surface area contributed by atoms with Crippen molar-refractivity contribution in [3.05, 3.63) is 283 Å². The van der Waals surface area contributed by atoms with Gasteiger partial charge in [-0.1, -0.05) is 212 Å². The van der Waals surface area contributed by atoms with Gasteiger partial charge in [0, 0.05) is 27.5 Å². The Morgan fingerprint density at radius 3 is 1.39 bits per heavy atom. The van der Waals surface area contributed by atoms with E-state index in [2.05, 4.69) is 255 Å². The molecule has 0 amide bonds. The number of nitrogens with zero attached hydrogens (tertiary/aromatic N) is 3. The highest BCUT2D eigenvalue weighted by Crippen LogP contribution is 2.63. The SMILES string of the molecule is c1ccc(-c2cc(-c3ccc4c(c3)-c3ccccc3C43c4ccccc4-c4ccccc43)cc(-c3cc(-c4cnc5c6ccccc6c6ccccc6c5n4)cc(-c4cc5ccccc5c5ccccc45)c3)n2)cc1. The van der Waals surface area contributed by atoms with Gasteiger partial charge in [0.15, 0.2) is 0 Å². The highest BCUT2D eigenvalue weighted by Gasteiger charge is 2.51. The van der Waals surface area contributed by atoms with E-state index in [0.29, 0.717) is 0 Å². The average Bonchev–Trinajstić information content (AvgIpc) is 3.99. The minimum absolute atomic E-state index is 0.412. The molecule has 14 aromatic rings. The minimum Gasteiger partial charge on any atom is -0.252 e. The number of pyridine rings is 1. The zero-order valence-corrected chi connectivity index (χ0v) is 40.7. The van der Waals surface area contributed by atoms with Crippen LogP contribution in [-0.4, -0.2) is 15.0 Å². The van der Waals surface area contributed by atoms with Gasteiger partial charge in [-0.25, -0.2) is 9.97 Å². The maximum Gasteiger partial charge on any atom is 0.0979 e. The van der Waals surface area contributed by atoms with Crippen molar-refractivity contribution in [2.75, 3.05) is 0 Å². The Bertz CT molecular complexity index is 4640. The Labute approximate surface area is 433 Å². The molecule has 3 heteroatoms. The third-order valence-electron chi connectivity index (χ3n) is 16.3. The van der Waals surface area contributed by atoms with Gasteiger partial charge in [0.1, 0.15) is 0 Å². The lowest BCUT2D eigenvalue weighted by atomic mass is 9.70. The molecular weight excluding hydrogens is 907 g/mol. The van der Waals surface area contributed by atoms with Crippen LogP contribution in [0.2, 0.25) is 0 Å². The van der Waals surface area contributed by atoms with Crippen LogP contribution in [0.1, 0.15) is 22.3 Å². The van der Waals surface area contributed by atoms with Crippen LogP contribution in [0.3, 0.4) is 0 Å². The average molecular weight is 950 g/mol. The van der Waals surface area contributed by atoms with Crippen LogP contribution in [0.4, 0.5) is 0 Å². The highest BCUT2D eigenvalue weighted by molar-refractivity contribution is 6.23. The van der Waals surface area contributed by atoms with Gasteiger partial charge in [-0.15, -0.1) is 0 Å². The van der Waals surface area contributed by atoms with Gasteiger partial charge >= 0.3 is 0 Å². The van der Waals surface area contributed by atoms with Crippen molar-refractivity contribution in [3.63, 3.8) is 0 Å². The van der Waals surface area contributed by atoms with Crippen LogP contribution in [0, 0.1) is 0 Å². The molecule has 0 saturated carbocycles. The molecule has 2 aliphatic carbocycles. The van der Waals surface area contributed by atoms with Gasteiger partial charge in [-0.3, -0.25) is 4.98 Å². The first-order chi connectivity index (χ1) is 37.2. The van der Waals surface area contributed by atoms with Crippen LogP contribution in [0.15, 0.2) is 261 Å². The fourth-order valence-electron chi connectivity index (χ4n) is 13.0. The number of hydrogen-bond donors (Lipinski definition) is 0. The van der Waals surface area contributed by atoms with E-state index in [4.69, 9.17) is 15.0 Å². The van der Waals surface area contributed by atoms with Gasteiger partial charge in [0.05, 0.1) is 39.7 Å². The van der Waals surface area contributed by atoms with E-state index in [9.17, 15) is 0 Å². The maximum absolute atomic E-state index is 5.59. The molecule has 0 fully saturated rings. The summed E-state index contributed by atoms with van der Waals surface area (Å²) in [5, 5.41) is 9.37. The summed E-state index contributed by atoms with van der Waals surface area (Å²) in [6.45, 7) is 0. The number of hydrogen-bond acceptors (Lipinski definition) is 3. The molecule has 346 valence electrons. The van der Waals surface area contributed by atoms with E-state index in [1.54, 1.807) is 0 Å². The molecule has 0 N–H and O–H groups in total. The second-order valence-electron chi connectivity index (χ2n) is 20.2. The summed E-state index contributed by atoms with van der Waals surface area (Å²) < 4.78 is 0. The lowest BCUT2D eigenvalue weighted by Gasteiger charge is -2.30. The zero-order valence-electron chi connectivity index (χ0n) is 40.7. The second kappa shape index (κ2) is 16.1. The Balaban J connectivity index is 0.938. The summed E-state index contributed by atoms with van der Waals surface area (Å²) in [4.78, 5) is 16.4. The molecule has 75 heavy (non-hydrogen) atoms. The predicted octanol–water partition coefficient (Wildman–Crippen LogP) is 18.3. The number of aromatic nitrogens is 3. The van der Waals surface area contributed by atoms with Crippen molar-refractivity contribution in [2.24, 2.45) is 0 Å². The molecule has 16 rings (SSSR count). The standard InChI is InChI=1S/C72H43N3/c1-2-18-44(19-3-1)67-41-47(45-34-35-66-62(39-45)58-28-14-17-33-65(58)72(66)63-31-15-12-26-56(63)57-27-13-16-32-64(57)72)42-68(74-67)49-36-48(61-40-46-20-4-5-21-51(46)52-22-6-7-25-55(52)61)37-50(38-49)69-43-73-70-59-29-10-8-23-53(59)54-24-9-11-30-60(54)71(70)75-69/h1-43H. The Hall–Kier alpha value is -9.83. The van der Waals surface area contributed by atoms with Crippen molar-refractivity contribution in [1.29, 1.82) is 0 Å². The predicted molar refractivity (Wildman–Crippen MR) is 311 cm³/mol. The normalized spacial score (nSPS) is 12.9. The van der Waals surface area contributed by atoms with Gasteiger partial charge in [0.2, 0.25) is 0 Å². The van der Waals surface area contributed by atoms with E-state index in [1.807, 2.05) is 6.20 Å². The van der Waals surface area contributed by atoms with E-state index in [0.717, 1.165) is 77.8 Å². The van der Waals surface area contributed by atoms with E-state index < -0.39 is 5.41 Å². The highest BCUT2D eigenvalue weighted by atomic mass is 14.8. The molecule has 0 bridgehead atoms. The summed E-state index contributed by atoms with van der Waals surface area (Å²) in [7, 11) is 0. The fraction of sp³-hybridized carbons (Fsp3) is 0.0139.